The smallest absolute Gasteiger partial charge is 0.100 e. The lowest BCUT2D eigenvalue weighted by molar-refractivity contribution is -0.0763. The Balaban J connectivity index is 2.49. The van der Waals surface area contributed by atoms with E-state index >= 15 is 0 Å². The van der Waals surface area contributed by atoms with Gasteiger partial charge < -0.3 is 15.5 Å². The molecular formula is C6H13NO2. The quantitative estimate of drug-likeness (QED) is 0.399. The summed E-state index contributed by atoms with van der Waals surface area (Å²) in [4.78, 5) is 0. The van der Waals surface area contributed by atoms with Crippen molar-refractivity contribution in [3.05, 3.63) is 0 Å². The fraction of sp³-hybridized carbons (Fsp3) is 1.00. The van der Waals surface area contributed by atoms with Crippen LogP contribution in [0.1, 0.15) is 13.3 Å². The minimum Gasteiger partial charge on any atom is -0.390 e. The summed E-state index contributed by atoms with van der Waals surface area (Å²) < 4.78 is 0. The summed E-state index contributed by atoms with van der Waals surface area (Å²) in [5.74, 6) is 0. The van der Waals surface area contributed by atoms with E-state index in [2.05, 4.69) is 5.32 Å². The van der Waals surface area contributed by atoms with Crippen LogP contribution in [0.5, 0.6) is 0 Å². The van der Waals surface area contributed by atoms with Gasteiger partial charge >= 0.3 is 0 Å². The zero-order chi connectivity index (χ0) is 6.91. The molecule has 1 heterocycles. The van der Waals surface area contributed by atoms with Gasteiger partial charge in [0.25, 0.3) is 0 Å². The van der Waals surface area contributed by atoms with Crippen LogP contribution in [0.3, 0.4) is 0 Å². The molecule has 0 radical (unpaired) electrons. The summed E-state index contributed by atoms with van der Waals surface area (Å²) in [5.41, 5.74) is -0.918. The summed E-state index contributed by atoms with van der Waals surface area (Å²) in [5, 5.41) is 21.5. The minimum atomic E-state index is -0.918. The third kappa shape index (κ3) is 1.41. The van der Waals surface area contributed by atoms with Crippen LogP contribution in [-0.4, -0.2) is 35.0 Å². The van der Waals surface area contributed by atoms with E-state index in [0.29, 0.717) is 13.0 Å². The number of nitrogens with one attached hydrogen (secondary N) is 1. The molecule has 54 valence electrons. The van der Waals surface area contributed by atoms with Crippen LogP contribution < -0.4 is 5.32 Å². The normalized spacial score (nSPS) is 45.0. The second-order valence-electron chi connectivity index (χ2n) is 2.84. The van der Waals surface area contributed by atoms with Crippen LogP contribution in [0.15, 0.2) is 0 Å². The topological polar surface area (TPSA) is 52.5 Å². The van der Waals surface area contributed by atoms with Crippen LogP contribution in [0, 0.1) is 0 Å². The Bertz CT molecular complexity index is 103. The van der Waals surface area contributed by atoms with Crippen molar-refractivity contribution in [1.82, 2.24) is 5.32 Å². The third-order valence-electron chi connectivity index (χ3n) is 1.80. The van der Waals surface area contributed by atoms with Gasteiger partial charge in [0.1, 0.15) is 5.60 Å². The van der Waals surface area contributed by atoms with Gasteiger partial charge in [0, 0.05) is 6.54 Å². The fourth-order valence-corrected chi connectivity index (χ4v) is 1.01. The van der Waals surface area contributed by atoms with Crippen molar-refractivity contribution in [3.63, 3.8) is 0 Å². The molecule has 0 bridgehead atoms. The first-order chi connectivity index (χ1) is 4.13. The summed E-state index contributed by atoms with van der Waals surface area (Å²) in [6.45, 7) is 2.94. The fourth-order valence-electron chi connectivity index (χ4n) is 1.01. The molecule has 1 unspecified atom stereocenters. The second-order valence-corrected chi connectivity index (χ2v) is 2.84. The molecule has 3 N–H and O–H groups in total. The standard InChI is InChI=1S/C6H13NO2/c1-6(9)4-7-3-2-5(6)8/h5,7-9H,2-4H2,1H3/t5?,6-/m1/s1. The average Bonchev–Trinajstić information content (AvgIpc) is 1.77. The zero-order valence-corrected chi connectivity index (χ0v) is 5.59. The molecule has 0 saturated carbocycles. The van der Waals surface area contributed by atoms with E-state index in [-0.39, 0.29) is 0 Å². The predicted molar refractivity (Wildman–Crippen MR) is 34.1 cm³/mol. The Kier molecular flexibility index (Phi) is 1.75. The van der Waals surface area contributed by atoms with E-state index in [1.54, 1.807) is 6.92 Å². The SMILES string of the molecule is C[C@@]1(O)CNCCC1O. The lowest BCUT2D eigenvalue weighted by atomic mass is 9.93. The molecule has 3 heteroatoms. The first-order valence-electron chi connectivity index (χ1n) is 3.24. The number of β-amino-alcohol motifs (C(OH)–C–C–N with tert-alkyl or cyclic N) is 1. The van der Waals surface area contributed by atoms with E-state index < -0.39 is 11.7 Å². The molecule has 1 saturated heterocycles. The van der Waals surface area contributed by atoms with Crippen molar-refractivity contribution in [1.29, 1.82) is 0 Å². The van der Waals surface area contributed by atoms with E-state index in [9.17, 15) is 5.11 Å². The molecule has 0 spiro atoms. The number of aliphatic hydroxyl groups is 2. The van der Waals surface area contributed by atoms with Gasteiger partial charge in [-0.1, -0.05) is 0 Å². The first kappa shape index (κ1) is 6.99. The lowest BCUT2D eigenvalue weighted by Crippen LogP contribution is -2.53. The van der Waals surface area contributed by atoms with Crippen molar-refractivity contribution in [2.24, 2.45) is 0 Å². The van der Waals surface area contributed by atoms with Gasteiger partial charge in [-0.15, -0.1) is 0 Å². The first-order valence-corrected chi connectivity index (χ1v) is 3.24. The number of hydrogen-bond acceptors (Lipinski definition) is 3. The number of hydrogen-bond donors (Lipinski definition) is 3. The molecule has 0 aromatic rings. The monoisotopic (exact) mass is 131 g/mol. The van der Waals surface area contributed by atoms with Crippen LogP contribution in [0.2, 0.25) is 0 Å². The molecule has 0 aromatic carbocycles. The highest BCUT2D eigenvalue weighted by Crippen LogP contribution is 2.14. The van der Waals surface area contributed by atoms with E-state index in [1.165, 1.54) is 0 Å². The highest BCUT2D eigenvalue weighted by atomic mass is 16.3. The molecule has 2 atom stereocenters. The molecule has 1 aliphatic heterocycles. The van der Waals surface area contributed by atoms with Crippen LogP contribution in [-0.2, 0) is 0 Å². The predicted octanol–water partition coefficient (Wildman–Crippen LogP) is -0.908. The largest absolute Gasteiger partial charge is 0.390 e. The summed E-state index contributed by atoms with van der Waals surface area (Å²) >= 11 is 0. The molecular weight excluding hydrogens is 118 g/mol. The minimum absolute atomic E-state index is 0.494. The van der Waals surface area contributed by atoms with Gasteiger partial charge in [-0.2, -0.15) is 0 Å². The molecule has 3 nitrogen and oxygen atoms in total. The third-order valence-corrected chi connectivity index (χ3v) is 1.80. The van der Waals surface area contributed by atoms with E-state index in [4.69, 9.17) is 5.11 Å². The van der Waals surface area contributed by atoms with E-state index in [0.717, 1.165) is 6.54 Å². The van der Waals surface area contributed by atoms with Crippen molar-refractivity contribution in [2.75, 3.05) is 13.1 Å². The molecule has 1 rings (SSSR count). The Morgan fingerprint density at radius 2 is 2.33 bits per heavy atom. The Hall–Kier alpha value is -0.120. The van der Waals surface area contributed by atoms with Crippen molar-refractivity contribution in [2.45, 2.75) is 25.0 Å². The molecule has 9 heavy (non-hydrogen) atoms. The lowest BCUT2D eigenvalue weighted by Gasteiger charge is -2.33. The van der Waals surface area contributed by atoms with Crippen molar-refractivity contribution < 1.29 is 10.2 Å². The molecule has 0 aromatic heterocycles. The van der Waals surface area contributed by atoms with Gasteiger partial charge in [0.15, 0.2) is 0 Å². The maximum absolute atomic E-state index is 9.33. The molecule has 0 amide bonds. The highest BCUT2D eigenvalue weighted by molar-refractivity contribution is 4.88. The zero-order valence-electron chi connectivity index (χ0n) is 5.59. The maximum Gasteiger partial charge on any atom is 0.100 e. The van der Waals surface area contributed by atoms with Crippen LogP contribution in [0.4, 0.5) is 0 Å². The van der Waals surface area contributed by atoms with Gasteiger partial charge in [0.05, 0.1) is 6.10 Å². The maximum atomic E-state index is 9.33. The Morgan fingerprint density at radius 1 is 1.67 bits per heavy atom. The molecule has 1 aliphatic rings. The number of rotatable bonds is 0. The Labute approximate surface area is 54.7 Å². The van der Waals surface area contributed by atoms with Crippen LogP contribution in [0.25, 0.3) is 0 Å². The van der Waals surface area contributed by atoms with Gasteiger partial charge in [-0.3, -0.25) is 0 Å². The second kappa shape index (κ2) is 2.25. The highest BCUT2D eigenvalue weighted by Gasteiger charge is 2.32. The number of piperidine rings is 1. The summed E-state index contributed by atoms with van der Waals surface area (Å²) in [7, 11) is 0. The number of aliphatic hydroxyl groups excluding tert-OH is 1. The molecule has 1 fully saturated rings. The van der Waals surface area contributed by atoms with Crippen molar-refractivity contribution >= 4 is 0 Å². The van der Waals surface area contributed by atoms with Gasteiger partial charge in [-0.05, 0) is 19.9 Å². The van der Waals surface area contributed by atoms with Gasteiger partial charge in [0.2, 0.25) is 0 Å². The van der Waals surface area contributed by atoms with Gasteiger partial charge in [-0.25, -0.2) is 0 Å². The van der Waals surface area contributed by atoms with Crippen molar-refractivity contribution in [3.8, 4) is 0 Å². The van der Waals surface area contributed by atoms with E-state index in [1.807, 2.05) is 0 Å². The Morgan fingerprint density at radius 3 is 2.67 bits per heavy atom. The molecule has 0 aliphatic carbocycles. The summed E-state index contributed by atoms with van der Waals surface area (Å²) in [6.07, 6.45) is 0.0891. The summed E-state index contributed by atoms with van der Waals surface area (Å²) in [6, 6.07) is 0. The average molecular weight is 131 g/mol. The van der Waals surface area contributed by atoms with Crippen LogP contribution >= 0.6 is 0 Å².